The lowest BCUT2D eigenvalue weighted by atomic mass is 10.1. The van der Waals surface area contributed by atoms with E-state index in [0.717, 1.165) is 31.5 Å². The predicted octanol–water partition coefficient (Wildman–Crippen LogP) is 2.76. The highest BCUT2D eigenvalue weighted by Crippen LogP contribution is 2.23. The maximum absolute atomic E-state index is 11.9. The summed E-state index contributed by atoms with van der Waals surface area (Å²) in [4.78, 5) is 11.9. The van der Waals surface area contributed by atoms with Crippen LogP contribution in [0.15, 0.2) is 12.4 Å². The van der Waals surface area contributed by atoms with E-state index in [4.69, 9.17) is 4.74 Å². The zero-order valence-corrected chi connectivity index (χ0v) is 13.3. The van der Waals surface area contributed by atoms with Gasteiger partial charge in [0, 0.05) is 18.8 Å². The Morgan fingerprint density at radius 1 is 1.43 bits per heavy atom. The van der Waals surface area contributed by atoms with Crippen molar-refractivity contribution in [3.05, 3.63) is 12.4 Å². The van der Waals surface area contributed by atoms with Crippen molar-refractivity contribution in [2.75, 3.05) is 5.32 Å². The van der Waals surface area contributed by atoms with Crippen LogP contribution in [0.5, 0.6) is 0 Å². The van der Waals surface area contributed by atoms with Crippen molar-refractivity contribution in [3.8, 4) is 0 Å². The molecule has 0 spiro atoms. The third-order valence-electron chi connectivity index (χ3n) is 3.53. The Hall–Kier alpha value is -1.72. The number of alkyl carbamates (subject to hydrolysis) is 1. The first-order valence-electron chi connectivity index (χ1n) is 7.66. The summed E-state index contributed by atoms with van der Waals surface area (Å²) in [6.07, 6.45) is 6.58. The number of hydrogen-bond acceptors (Lipinski definition) is 4. The Labute approximate surface area is 126 Å². The molecular formula is C15H26N4O2. The van der Waals surface area contributed by atoms with Gasteiger partial charge < -0.3 is 15.4 Å². The van der Waals surface area contributed by atoms with E-state index in [9.17, 15) is 4.79 Å². The van der Waals surface area contributed by atoms with Crippen molar-refractivity contribution < 1.29 is 9.53 Å². The summed E-state index contributed by atoms with van der Waals surface area (Å²) in [6.45, 7) is 8.52. The molecule has 0 radical (unpaired) electrons. The number of aryl methyl sites for hydroxylation is 1. The Morgan fingerprint density at radius 3 is 2.76 bits per heavy atom. The number of rotatable bonds is 4. The molecule has 2 atom stereocenters. The maximum atomic E-state index is 11.9. The fraction of sp³-hybridized carbons (Fsp3) is 0.733. The second-order valence-electron chi connectivity index (χ2n) is 6.52. The first-order chi connectivity index (χ1) is 9.87. The van der Waals surface area contributed by atoms with Crippen LogP contribution in [0, 0.1) is 0 Å². The standard InChI is InChI=1S/C15H26N4O2/c1-5-19-10-11(9-16-19)17-12-7-6-8-13(12)18-14(20)21-15(2,3)4/h9-10,12-13,17H,5-8H2,1-4H3,(H,18,20). The van der Waals surface area contributed by atoms with Gasteiger partial charge in [-0.05, 0) is 47.0 Å². The molecular weight excluding hydrogens is 268 g/mol. The molecule has 2 rings (SSSR count). The molecule has 6 heteroatoms. The van der Waals surface area contributed by atoms with Gasteiger partial charge in [-0.2, -0.15) is 5.10 Å². The number of nitrogens with one attached hydrogen (secondary N) is 2. The number of ether oxygens (including phenoxy) is 1. The normalized spacial score (nSPS) is 22.1. The van der Waals surface area contributed by atoms with E-state index in [1.807, 2.05) is 37.8 Å². The lowest BCUT2D eigenvalue weighted by Crippen LogP contribution is -2.45. The number of anilines is 1. The molecule has 2 N–H and O–H groups in total. The van der Waals surface area contributed by atoms with Crippen LogP contribution in [0.1, 0.15) is 47.0 Å². The SMILES string of the molecule is CCn1cc(NC2CCCC2NC(=O)OC(C)(C)C)cn1. The number of aromatic nitrogens is 2. The number of carbonyl (C=O) groups excluding carboxylic acids is 1. The second kappa shape index (κ2) is 6.37. The summed E-state index contributed by atoms with van der Waals surface area (Å²) in [7, 11) is 0. The van der Waals surface area contributed by atoms with Crippen molar-refractivity contribution in [1.82, 2.24) is 15.1 Å². The van der Waals surface area contributed by atoms with Crippen molar-refractivity contribution in [2.45, 2.75) is 71.2 Å². The Kier molecular flexibility index (Phi) is 4.75. The number of carbonyl (C=O) groups is 1. The van der Waals surface area contributed by atoms with E-state index in [1.165, 1.54) is 0 Å². The molecule has 1 aromatic rings. The lowest BCUT2D eigenvalue weighted by Gasteiger charge is -2.25. The highest BCUT2D eigenvalue weighted by molar-refractivity contribution is 5.68. The van der Waals surface area contributed by atoms with E-state index in [1.54, 1.807) is 0 Å². The highest BCUT2D eigenvalue weighted by Gasteiger charge is 2.30. The minimum absolute atomic E-state index is 0.102. The lowest BCUT2D eigenvalue weighted by molar-refractivity contribution is 0.0503. The zero-order chi connectivity index (χ0) is 15.5. The van der Waals surface area contributed by atoms with Crippen molar-refractivity contribution in [1.29, 1.82) is 0 Å². The molecule has 0 aliphatic heterocycles. The van der Waals surface area contributed by atoms with Gasteiger partial charge in [0.15, 0.2) is 0 Å². The molecule has 1 aliphatic rings. The average molecular weight is 294 g/mol. The summed E-state index contributed by atoms with van der Waals surface area (Å²) >= 11 is 0. The van der Waals surface area contributed by atoms with Crippen molar-refractivity contribution in [3.63, 3.8) is 0 Å². The van der Waals surface area contributed by atoms with Crippen molar-refractivity contribution >= 4 is 11.8 Å². The van der Waals surface area contributed by atoms with Crippen LogP contribution in [-0.4, -0.2) is 33.6 Å². The molecule has 1 amide bonds. The number of hydrogen-bond donors (Lipinski definition) is 2. The van der Waals surface area contributed by atoms with Crippen LogP contribution in [0.3, 0.4) is 0 Å². The smallest absolute Gasteiger partial charge is 0.407 e. The topological polar surface area (TPSA) is 68.2 Å². The molecule has 0 bridgehead atoms. The Bertz CT molecular complexity index is 478. The van der Waals surface area contributed by atoms with Crippen LogP contribution in [0.2, 0.25) is 0 Å². The molecule has 0 aromatic carbocycles. The van der Waals surface area contributed by atoms with E-state index in [2.05, 4.69) is 22.7 Å². The first kappa shape index (κ1) is 15.7. The van der Waals surface area contributed by atoms with Gasteiger partial charge >= 0.3 is 6.09 Å². The van der Waals surface area contributed by atoms with Crippen LogP contribution in [0.25, 0.3) is 0 Å². The van der Waals surface area contributed by atoms with E-state index in [-0.39, 0.29) is 18.2 Å². The van der Waals surface area contributed by atoms with Gasteiger partial charge in [-0.3, -0.25) is 4.68 Å². The zero-order valence-electron chi connectivity index (χ0n) is 13.3. The summed E-state index contributed by atoms with van der Waals surface area (Å²) in [6, 6.07) is 0.330. The monoisotopic (exact) mass is 294 g/mol. The Morgan fingerprint density at radius 2 is 2.14 bits per heavy atom. The molecule has 1 saturated carbocycles. The summed E-state index contributed by atoms with van der Waals surface area (Å²) in [5.41, 5.74) is 0.535. The predicted molar refractivity (Wildman–Crippen MR) is 82.3 cm³/mol. The quantitative estimate of drug-likeness (QED) is 0.896. The van der Waals surface area contributed by atoms with Crippen LogP contribution < -0.4 is 10.6 Å². The summed E-state index contributed by atoms with van der Waals surface area (Å²) in [5, 5.41) is 10.7. The molecule has 0 saturated heterocycles. The van der Waals surface area contributed by atoms with Crippen LogP contribution in [-0.2, 0) is 11.3 Å². The van der Waals surface area contributed by atoms with Gasteiger partial charge in [-0.1, -0.05) is 0 Å². The van der Waals surface area contributed by atoms with Gasteiger partial charge in [0.1, 0.15) is 5.60 Å². The fourth-order valence-corrected chi connectivity index (χ4v) is 2.59. The maximum Gasteiger partial charge on any atom is 0.407 e. The molecule has 1 fully saturated rings. The molecule has 2 unspecified atom stereocenters. The van der Waals surface area contributed by atoms with Crippen molar-refractivity contribution in [2.24, 2.45) is 0 Å². The minimum Gasteiger partial charge on any atom is -0.444 e. The molecule has 118 valence electrons. The molecule has 1 aromatic heterocycles. The van der Waals surface area contributed by atoms with Gasteiger partial charge in [-0.25, -0.2) is 4.79 Å². The van der Waals surface area contributed by atoms with E-state index >= 15 is 0 Å². The fourth-order valence-electron chi connectivity index (χ4n) is 2.59. The number of amides is 1. The van der Waals surface area contributed by atoms with Gasteiger partial charge in [-0.15, -0.1) is 0 Å². The van der Waals surface area contributed by atoms with Gasteiger partial charge in [0.25, 0.3) is 0 Å². The van der Waals surface area contributed by atoms with Gasteiger partial charge in [0.05, 0.1) is 17.9 Å². The molecule has 1 heterocycles. The van der Waals surface area contributed by atoms with E-state index in [0.29, 0.717) is 0 Å². The van der Waals surface area contributed by atoms with E-state index < -0.39 is 5.60 Å². The van der Waals surface area contributed by atoms with Crippen LogP contribution in [0.4, 0.5) is 10.5 Å². The summed E-state index contributed by atoms with van der Waals surface area (Å²) in [5.74, 6) is 0. The molecule has 1 aliphatic carbocycles. The third kappa shape index (κ3) is 4.65. The third-order valence-corrected chi connectivity index (χ3v) is 3.53. The minimum atomic E-state index is -0.464. The number of nitrogens with zero attached hydrogens (tertiary/aromatic N) is 2. The Balaban J connectivity index is 1.89. The largest absolute Gasteiger partial charge is 0.444 e. The first-order valence-corrected chi connectivity index (χ1v) is 7.66. The van der Waals surface area contributed by atoms with Gasteiger partial charge in [0.2, 0.25) is 0 Å². The molecule has 21 heavy (non-hydrogen) atoms. The summed E-state index contributed by atoms with van der Waals surface area (Å²) < 4.78 is 7.21. The highest BCUT2D eigenvalue weighted by atomic mass is 16.6. The average Bonchev–Trinajstić information content (AvgIpc) is 2.97. The second-order valence-corrected chi connectivity index (χ2v) is 6.52. The van der Waals surface area contributed by atoms with Crippen LogP contribution >= 0.6 is 0 Å². The molecule has 6 nitrogen and oxygen atoms in total.